The average molecular weight is 246 g/mol. The molecule has 2 bridgehead atoms. The van der Waals surface area contributed by atoms with Crippen LogP contribution in [0.4, 0.5) is 11.4 Å². The summed E-state index contributed by atoms with van der Waals surface area (Å²) in [4.78, 5) is 10.00. The molecule has 0 saturated heterocycles. The highest BCUT2D eigenvalue weighted by Crippen LogP contribution is 2.45. The number of nitrogen functional groups attached to an aromatic ring is 1. The van der Waals surface area contributed by atoms with E-state index in [2.05, 4.69) is 8.37 Å². The summed E-state index contributed by atoms with van der Waals surface area (Å²) in [5, 5.41) is 10.8. The third kappa shape index (κ3) is 1.41. The molecule has 0 unspecified atom stereocenters. The van der Waals surface area contributed by atoms with E-state index < -0.39 is 26.8 Å². The highest BCUT2D eigenvalue weighted by atomic mass is 32.3. The maximum Gasteiger partial charge on any atom is 0.501 e. The number of nitrogens with two attached hydrogens (primary N) is 1. The van der Waals surface area contributed by atoms with Gasteiger partial charge in [-0.15, -0.1) is 8.42 Å². The SMILES string of the molecule is Cc1c2cc(N)c(c1[N+](=O)[O-])OS(=O)(=O)O2. The van der Waals surface area contributed by atoms with Crippen molar-refractivity contribution in [1.82, 2.24) is 0 Å². The fourth-order valence-corrected chi connectivity index (χ4v) is 2.17. The number of rotatable bonds is 1. The number of nitro benzene ring substituents is 1. The van der Waals surface area contributed by atoms with Crippen molar-refractivity contribution in [3.63, 3.8) is 0 Å². The van der Waals surface area contributed by atoms with Gasteiger partial charge in [0.1, 0.15) is 0 Å². The molecule has 0 radical (unpaired) electrons. The predicted octanol–water partition coefficient (Wildman–Crippen LogP) is 0.501. The standard InChI is InChI=1S/C7H6N2O6S/c1-3-5-2-4(8)7(6(3)9(10)11)15-16(12,13)14-5/h2H,8H2,1H3. The molecule has 0 fully saturated rings. The molecule has 8 nitrogen and oxygen atoms in total. The summed E-state index contributed by atoms with van der Waals surface area (Å²) >= 11 is 0. The van der Waals surface area contributed by atoms with Crippen molar-refractivity contribution < 1.29 is 21.7 Å². The molecule has 2 aliphatic rings. The number of nitro groups is 1. The Morgan fingerprint density at radius 2 is 2.06 bits per heavy atom. The van der Waals surface area contributed by atoms with E-state index in [9.17, 15) is 18.5 Å². The van der Waals surface area contributed by atoms with Crippen LogP contribution in [0.15, 0.2) is 6.07 Å². The minimum atomic E-state index is -4.34. The number of benzene rings is 1. The van der Waals surface area contributed by atoms with Gasteiger partial charge in [-0.1, -0.05) is 0 Å². The minimum Gasteiger partial charge on any atom is -0.395 e. The summed E-state index contributed by atoms with van der Waals surface area (Å²) in [6.45, 7) is 1.35. The van der Waals surface area contributed by atoms with Gasteiger partial charge in [0.25, 0.3) is 0 Å². The summed E-state index contributed by atoms with van der Waals surface area (Å²) < 4.78 is 31.2. The van der Waals surface area contributed by atoms with Crippen molar-refractivity contribution in [3.8, 4) is 11.5 Å². The number of fused-ring (bicyclic) bond motifs is 4. The van der Waals surface area contributed by atoms with E-state index in [1.54, 1.807) is 0 Å². The second-order valence-corrected chi connectivity index (χ2v) is 4.25. The highest BCUT2D eigenvalue weighted by Gasteiger charge is 2.35. The van der Waals surface area contributed by atoms with Gasteiger partial charge in [-0.05, 0) is 6.92 Å². The zero-order valence-corrected chi connectivity index (χ0v) is 8.78. The van der Waals surface area contributed by atoms with Crippen LogP contribution in [0.5, 0.6) is 11.5 Å². The maximum atomic E-state index is 11.2. The van der Waals surface area contributed by atoms with Crippen LogP contribution in [-0.4, -0.2) is 13.3 Å². The molecule has 0 spiro atoms. The summed E-state index contributed by atoms with van der Waals surface area (Å²) in [5.41, 5.74) is 4.82. The Balaban J connectivity index is 2.85. The Labute approximate surface area is 90.1 Å². The van der Waals surface area contributed by atoms with Crippen LogP contribution in [0, 0.1) is 17.0 Å². The van der Waals surface area contributed by atoms with Gasteiger partial charge in [0.05, 0.1) is 16.2 Å². The van der Waals surface area contributed by atoms with Crippen LogP contribution in [0.25, 0.3) is 0 Å². The molecular weight excluding hydrogens is 240 g/mol. The third-order valence-electron chi connectivity index (χ3n) is 2.05. The van der Waals surface area contributed by atoms with Crippen LogP contribution < -0.4 is 14.1 Å². The van der Waals surface area contributed by atoms with Crippen molar-refractivity contribution in [2.45, 2.75) is 6.92 Å². The second kappa shape index (κ2) is 2.98. The lowest BCUT2D eigenvalue weighted by Gasteiger charge is -2.02. The number of anilines is 1. The molecular formula is C7H6N2O6S. The summed E-state index contributed by atoms with van der Waals surface area (Å²) in [6.07, 6.45) is 0. The van der Waals surface area contributed by atoms with Crippen LogP contribution in [0.3, 0.4) is 0 Å². The van der Waals surface area contributed by atoms with Gasteiger partial charge in [-0.25, -0.2) is 0 Å². The quantitative estimate of drug-likeness (QED) is 0.435. The fraction of sp³-hybridized carbons (Fsp3) is 0.143. The van der Waals surface area contributed by atoms with E-state index in [1.165, 1.54) is 13.0 Å². The number of hydrogen-bond acceptors (Lipinski definition) is 7. The molecule has 86 valence electrons. The molecule has 0 amide bonds. The Morgan fingerprint density at radius 1 is 1.44 bits per heavy atom. The monoisotopic (exact) mass is 246 g/mol. The van der Waals surface area contributed by atoms with E-state index in [0.29, 0.717) is 0 Å². The zero-order valence-electron chi connectivity index (χ0n) is 7.96. The molecule has 1 aromatic carbocycles. The van der Waals surface area contributed by atoms with Crippen molar-refractivity contribution in [2.75, 3.05) is 5.73 Å². The van der Waals surface area contributed by atoms with Gasteiger partial charge in [0, 0.05) is 6.07 Å². The lowest BCUT2D eigenvalue weighted by atomic mass is 10.1. The molecule has 0 aliphatic carbocycles. The smallest absolute Gasteiger partial charge is 0.395 e. The largest absolute Gasteiger partial charge is 0.501 e. The Hall–Kier alpha value is -2.03. The van der Waals surface area contributed by atoms with Crippen LogP contribution in [0.2, 0.25) is 0 Å². The fourth-order valence-electron chi connectivity index (χ4n) is 1.36. The minimum absolute atomic E-state index is 0.0512. The van der Waals surface area contributed by atoms with Crippen LogP contribution in [-0.2, 0) is 10.4 Å². The Kier molecular flexibility index (Phi) is 1.95. The van der Waals surface area contributed by atoms with Gasteiger partial charge in [-0.2, -0.15) is 0 Å². The molecule has 2 N–H and O–H groups in total. The zero-order chi connectivity index (χ0) is 12.1. The van der Waals surface area contributed by atoms with E-state index >= 15 is 0 Å². The molecule has 9 heteroatoms. The summed E-state index contributed by atoms with van der Waals surface area (Å²) in [7, 11) is -4.34. The third-order valence-corrected chi connectivity index (χ3v) is 2.80. The van der Waals surface area contributed by atoms with Gasteiger partial charge < -0.3 is 14.1 Å². The summed E-state index contributed by atoms with van der Waals surface area (Å²) in [5.74, 6) is -0.714. The van der Waals surface area contributed by atoms with E-state index in [1.807, 2.05) is 0 Å². The maximum absolute atomic E-state index is 11.2. The Morgan fingerprint density at radius 3 is 2.62 bits per heavy atom. The lowest BCUT2D eigenvalue weighted by Crippen LogP contribution is -2.14. The van der Waals surface area contributed by atoms with Crippen molar-refractivity contribution >= 4 is 21.8 Å². The van der Waals surface area contributed by atoms with Crippen LogP contribution in [0.1, 0.15) is 5.56 Å². The Bertz CT molecular complexity index is 593. The van der Waals surface area contributed by atoms with E-state index in [4.69, 9.17) is 5.73 Å². The highest BCUT2D eigenvalue weighted by molar-refractivity contribution is 7.82. The number of hydrogen-bond donors (Lipinski definition) is 1. The first-order valence-corrected chi connectivity index (χ1v) is 5.36. The first-order valence-electron chi connectivity index (χ1n) is 4.03. The van der Waals surface area contributed by atoms with Crippen molar-refractivity contribution in [2.24, 2.45) is 0 Å². The molecule has 3 rings (SSSR count). The normalized spacial score (nSPS) is 16.1. The van der Waals surface area contributed by atoms with Crippen molar-refractivity contribution in [1.29, 1.82) is 0 Å². The van der Waals surface area contributed by atoms with E-state index in [0.717, 1.165) is 0 Å². The molecule has 2 heterocycles. The van der Waals surface area contributed by atoms with Crippen molar-refractivity contribution in [3.05, 3.63) is 21.7 Å². The summed E-state index contributed by atoms with van der Waals surface area (Å²) in [6, 6.07) is 1.17. The van der Waals surface area contributed by atoms with Crippen LogP contribution >= 0.6 is 0 Å². The second-order valence-electron chi connectivity index (χ2n) is 3.10. The molecule has 0 aromatic heterocycles. The van der Waals surface area contributed by atoms with Gasteiger partial charge in [-0.3, -0.25) is 10.1 Å². The van der Waals surface area contributed by atoms with Gasteiger partial charge in [0.15, 0.2) is 5.75 Å². The van der Waals surface area contributed by atoms with Gasteiger partial charge >= 0.3 is 16.1 Å². The average Bonchev–Trinajstić information content (AvgIpc) is 2.28. The molecule has 1 aromatic rings. The number of nitrogens with zero attached hydrogens (tertiary/aromatic N) is 1. The first-order chi connectivity index (χ1) is 7.32. The molecule has 2 aliphatic heterocycles. The topological polar surface area (TPSA) is 122 Å². The molecule has 0 atom stereocenters. The van der Waals surface area contributed by atoms with E-state index in [-0.39, 0.29) is 17.0 Å². The lowest BCUT2D eigenvalue weighted by molar-refractivity contribution is -0.385. The molecule has 0 saturated carbocycles. The first kappa shape index (κ1) is 10.5. The molecule has 16 heavy (non-hydrogen) atoms. The predicted molar refractivity (Wildman–Crippen MR) is 52.4 cm³/mol. The van der Waals surface area contributed by atoms with Gasteiger partial charge in [0.2, 0.25) is 5.75 Å².